The number of carbonyl (C=O) groups excluding carboxylic acids is 1. The Balaban J connectivity index is 2.23. The molecular weight excluding hydrogens is 212 g/mol. The molecule has 0 atom stereocenters. The Hall–Kier alpha value is -0.910. The van der Waals surface area contributed by atoms with Gasteiger partial charge in [-0.1, -0.05) is 0 Å². The van der Waals surface area contributed by atoms with E-state index < -0.39 is 0 Å². The highest BCUT2D eigenvalue weighted by Gasteiger charge is 2.03. The van der Waals surface area contributed by atoms with Crippen LogP contribution in [0.4, 0.5) is 0 Å². The lowest BCUT2D eigenvalue weighted by molar-refractivity contribution is 0.100. The second-order valence-corrected chi connectivity index (χ2v) is 4.27. The van der Waals surface area contributed by atoms with E-state index in [4.69, 9.17) is 10.8 Å². The molecule has 1 aromatic rings. The van der Waals surface area contributed by atoms with Gasteiger partial charge in [0.15, 0.2) is 0 Å². The normalized spacial score (nSPS) is 10.5. The van der Waals surface area contributed by atoms with Crippen molar-refractivity contribution in [2.45, 2.75) is 19.4 Å². The van der Waals surface area contributed by atoms with Gasteiger partial charge in [-0.2, -0.15) is 0 Å². The molecule has 1 amide bonds. The molecule has 4 nitrogen and oxygen atoms in total. The van der Waals surface area contributed by atoms with Crippen molar-refractivity contribution < 1.29 is 9.90 Å². The molecule has 0 aliphatic carbocycles. The van der Waals surface area contributed by atoms with Gasteiger partial charge in [0, 0.05) is 23.4 Å². The lowest BCUT2D eigenvalue weighted by Gasteiger charge is -2.00. The van der Waals surface area contributed by atoms with Crippen molar-refractivity contribution in [3.8, 4) is 0 Å². The molecule has 0 aliphatic rings. The van der Waals surface area contributed by atoms with Crippen LogP contribution in [-0.2, 0) is 6.54 Å². The summed E-state index contributed by atoms with van der Waals surface area (Å²) in [6, 6.07) is 1.81. The van der Waals surface area contributed by atoms with Crippen molar-refractivity contribution in [3.05, 3.63) is 21.9 Å². The number of unbranched alkanes of at least 4 members (excludes halogenated alkanes) is 1. The zero-order valence-corrected chi connectivity index (χ0v) is 9.35. The summed E-state index contributed by atoms with van der Waals surface area (Å²) in [6.45, 7) is 1.88. The number of hydrogen-bond acceptors (Lipinski definition) is 4. The van der Waals surface area contributed by atoms with Gasteiger partial charge in [-0.25, -0.2) is 0 Å². The standard InChI is InChI=1S/C10H16N2O2S/c11-10(14)8-5-9(15-7-8)6-12-3-1-2-4-13/h5,7,12-13H,1-4,6H2,(H2,11,14). The summed E-state index contributed by atoms with van der Waals surface area (Å²) in [7, 11) is 0. The number of nitrogens with two attached hydrogens (primary N) is 1. The van der Waals surface area contributed by atoms with Gasteiger partial charge in [0.25, 0.3) is 0 Å². The highest BCUT2D eigenvalue weighted by Crippen LogP contribution is 2.13. The third kappa shape index (κ3) is 4.42. The quantitative estimate of drug-likeness (QED) is 0.602. The number of amides is 1. The molecule has 0 aliphatic heterocycles. The first kappa shape index (κ1) is 12.2. The van der Waals surface area contributed by atoms with Crippen LogP contribution in [-0.4, -0.2) is 24.2 Å². The van der Waals surface area contributed by atoms with Gasteiger partial charge in [0.1, 0.15) is 0 Å². The number of carbonyl (C=O) groups is 1. The summed E-state index contributed by atoms with van der Waals surface area (Å²) in [5, 5.41) is 13.6. The van der Waals surface area contributed by atoms with Crippen LogP contribution < -0.4 is 11.1 Å². The molecule has 0 aromatic carbocycles. The third-order valence-electron chi connectivity index (χ3n) is 2.00. The van der Waals surface area contributed by atoms with E-state index in [-0.39, 0.29) is 12.5 Å². The molecule has 0 saturated carbocycles. The molecule has 0 saturated heterocycles. The lowest BCUT2D eigenvalue weighted by Crippen LogP contribution is -2.14. The van der Waals surface area contributed by atoms with Crippen LogP contribution in [0, 0.1) is 0 Å². The molecule has 1 heterocycles. The average Bonchev–Trinajstić information content (AvgIpc) is 2.66. The number of primary amides is 1. The zero-order valence-electron chi connectivity index (χ0n) is 8.53. The minimum Gasteiger partial charge on any atom is -0.396 e. The first-order valence-corrected chi connectivity index (χ1v) is 5.81. The minimum absolute atomic E-state index is 0.243. The molecule has 0 unspecified atom stereocenters. The van der Waals surface area contributed by atoms with Crippen molar-refractivity contribution in [1.82, 2.24) is 5.32 Å². The summed E-state index contributed by atoms with van der Waals surface area (Å²) in [6.07, 6.45) is 1.79. The number of aliphatic hydroxyl groups is 1. The Bertz CT molecular complexity index is 312. The van der Waals surface area contributed by atoms with Gasteiger partial charge in [-0.3, -0.25) is 4.79 Å². The maximum Gasteiger partial charge on any atom is 0.249 e. The van der Waals surface area contributed by atoms with Crippen molar-refractivity contribution in [3.63, 3.8) is 0 Å². The Morgan fingerprint density at radius 3 is 2.93 bits per heavy atom. The van der Waals surface area contributed by atoms with E-state index in [0.717, 1.165) is 30.8 Å². The van der Waals surface area contributed by atoms with Crippen LogP contribution >= 0.6 is 11.3 Å². The molecule has 5 heteroatoms. The topological polar surface area (TPSA) is 75.4 Å². The van der Waals surface area contributed by atoms with E-state index in [1.54, 1.807) is 5.38 Å². The van der Waals surface area contributed by atoms with Crippen LogP contribution in [0.15, 0.2) is 11.4 Å². The van der Waals surface area contributed by atoms with Crippen LogP contribution in [0.1, 0.15) is 28.1 Å². The fourth-order valence-corrected chi connectivity index (χ4v) is 2.02. The monoisotopic (exact) mass is 228 g/mol. The highest BCUT2D eigenvalue weighted by atomic mass is 32.1. The smallest absolute Gasteiger partial charge is 0.249 e. The van der Waals surface area contributed by atoms with Gasteiger partial charge in [0.05, 0.1) is 5.56 Å². The summed E-state index contributed by atoms with van der Waals surface area (Å²) < 4.78 is 0. The first-order valence-electron chi connectivity index (χ1n) is 4.93. The zero-order chi connectivity index (χ0) is 11.1. The van der Waals surface area contributed by atoms with Crippen molar-refractivity contribution in [2.75, 3.05) is 13.2 Å². The van der Waals surface area contributed by atoms with Gasteiger partial charge in [0.2, 0.25) is 5.91 Å². The van der Waals surface area contributed by atoms with Crippen molar-refractivity contribution >= 4 is 17.2 Å². The molecule has 0 bridgehead atoms. The molecule has 84 valence electrons. The number of hydrogen-bond donors (Lipinski definition) is 3. The van der Waals surface area contributed by atoms with Crippen LogP contribution in [0.25, 0.3) is 0 Å². The van der Waals surface area contributed by atoms with Crippen LogP contribution in [0.5, 0.6) is 0 Å². The average molecular weight is 228 g/mol. The van der Waals surface area contributed by atoms with Gasteiger partial charge in [-0.15, -0.1) is 11.3 Å². The number of aliphatic hydroxyl groups excluding tert-OH is 1. The van der Waals surface area contributed by atoms with E-state index in [0.29, 0.717) is 5.56 Å². The largest absolute Gasteiger partial charge is 0.396 e. The SMILES string of the molecule is NC(=O)c1csc(CNCCCCO)c1. The molecule has 4 N–H and O–H groups in total. The van der Waals surface area contributed by atoms with Gasteiger partial charge >= 0.3 is 0 Å². The number of nitrogens with one attached hydrogen (secondary N) is 1. The lowest BCUT2D eigenvalue weighted by atomic mass is 10.3. The molecule has 1 rings (SSSR count). The Morgan fingerprint density at radius 1 is 1.53 bits per heavy atom. The van der Waals surface area contributed by atoms with E-state index in [1.165, 1.54) is 11.3 Å². The van der Waals surface area contributed by atoms with E-state index in [1.807, 2.05) is 6.07 Å². The summed E-state index contributed by atoms with van der Waals surface area (Å²) in [5.41, 5.74) is 5.72. The maximum absolute atomic E-state index is 10.8. The van der Waals surface area contributed by atoms with Gasteiger partial charge < -0.3 is 16.2 Å². The summed E-state index contributed by atoms with van der Waals surface area (Å²) in [5.74, 6) is -0.377. The molecule has 0 spiro atoms. The summed E-state index contributed by atoms with van der Waals surface area (Å²) in [4.78, 5) is 11.9. The second-order valence-electron chi connectivity index (χ2n) is 3.27. The minimum atomic E-state index is -0.377. The molecule has 0 fully saturated rings. The summed E-state index contributed by atoms with van der Waals surface area (Å²) >= 11 is 1.53. The van der Waals surface area contributed by atoms with Crippen molar-refractivity contribution in [2.24, 2.45) is 5.73 Å². The highest BCUT2D eigenvalue weighted by molar-refractivity contribution is 7.10. The number of thiophene rings is 1. The predicted molar refractivity (Wildman–Crippen MR) is 60.9 cm³/mol. The Labute approximate surface area is 93.1 Å². The van der Waals surface area contributed by atoms with Crippen LogP contribution in [0.3, 0.4) is 0 Å². The van der Waals surface area contributed by atoms with Crippen molar-refractivity contribution in [1.29, 1.82) is 0 Å². The predicted octanol–water partition coefficient (Wildman–Crippen LogP) is 0.709. The van der Waals surface area contributed by atoms with E-state index in [2.05, 4.69) is 5.32 Å². The fourth-order valence-electron chi connectivity index (χ4n) is 1.18. The molecule has 1 aromatic heterocycles. The Morgan fingerprint density at radius 2 is 2.33 bits per heavy atom. The van der Waals surface area contributed by atoms with E-state index in [9.17, 15) is 4.79 Å². The van der Waals surface area contributed by atoms with Gasteiger partial charge in [-0.05, 0) is 25.5 Å². The van der Waals surface area contributed by atoms with E-state index >= 15 is 0 Å². The number of rotatable bonds is 7. The molecule has 15 heavy (non-hydrogen) atoms. The molecule has 0 radical (unpaired) electrons. The third-order valence-corrected chi connectivity index (χ3v) is 2.94. The van der Waals surface area contributed by atoms with Crippen LogP contribution in [0.2, 0.25) is 0 Å². The second kappa shape index (κ2) is 6.55. The maximum atomic E-state index is 10.8. The first-order chi connectivity index (χ1) is 7.24. The Kier molecular flexibility index (Phi) is 5.31. The molecular formula is C10H16N2O2S. The fraction of sp³-hybridized carbons (Fsp3) is 0.500.